The summed E-state index contributed by atoms with van der Waals surface area (Å²) in [5.41, 5.74) is 5.01. The van der Waals surface area contributed by atoms with Crippen LogP contribution in [0.1, 0.15) is 56.6 Å². The van der Waals surface area contributed by atoms with Crippen LogP contribution in [-0.2, 0) is 17.8 Å². The lowest BCUT2D eigenvalue weighted by atomic mass is 9.87. The Morgan fingerprint density at radius 1 is 1.10 bits per heavy atom. The topological polar surface area (TPSA) is 71.5 Å². The van der Waals surface area contributed by atoms with Gasteiger partial charge in [0.25, 0.3) is 5.91 Å². The van der Waals surface area contributed by atoms with Crippen molar-refractivity contribution in [3.05, 3.63) is 111 Å². The largest absolute Gasteiger partial charge is 0.486 e. The lowest BCUT2D eigenvalue weighted by molar-refractivity contribution is -0.134. The second kappa shape index (κ2) is 10.6. The summed E-state index contributed by atoms with van der Waals surface area (Å²) in [4.78, 5) is 32.1. The molecular formula is C31H28FN3O3S. The second-order valence-corrected chi connectivity index (χ2v) is 11.1. The summed E-state index contributed by atoms with van der Waals surface area (Å²) in [5.74, 6) is 0.256. The van der Waals surface area contributed by atoms with Crippen LogP contribution in [0.4, 0.5) is 10.1 Å². The molecule has 6 rings (SSSR count). The molecule has 1 aromatic heterocycles. The average molecular weight is 542 g/mol. The van der Waals surface area contributed by atoms with Crippen molar-refractivity contribution in [2.24, 2.45) is 5.92 Å². The van der Waals surface area contributed by atoms with Gasteiger partial charge in [-0.15, -0.1) is 11.3 Å². The highest BCUT2D eigenvalue weighted by Crippen LogP contribution is 2.41. The Labute approximate surface area is 230 Å². The van der Waals surface area contributed by atoms with E-state index in [4.69, 9.17) is 4.74 Å². The smallest absolute Gasteiger partial charge is 0.275 e. The Hall–Kier alpha value is -4.04. The van der Waals surface area contributed by atoms with Crippen LogP contribution in [0.2, 0.25) is 0 Å². The Bertz CT molecular complexity index is 1530. The van der Waals surface area contributed by atoms with Crippen molar-refractivity contribution in [3.8, 4) is 5.75 Å². The van der Waals surface area contributed by atoms with Gasteiger partial charge >= 0.3 is 0 Å². The number of aromatic nitrogens is 1. The molecule has 39 heavy (non-hydrogen) atoms. The average Bonchev–Trinajstić information content (AvgIpc) is 3.69. The van der Waals surface area contributed by atoms with Crippen LogP contribution in [0, 0.1) is 18.7 Å². The molecule has 1 aliphatic heterocycles. The third kappa shape index (κ3) is 5.56. The monoisotopic (exact) mass is 541 g/mol. The van der Waals surface area contributed by atoms with Crippen LogP contribution in [0.15, 0.2) is 72.1 Å². The molecule has 8 heteroatoms. The van der Waals surface area contributed by atoms with E-state index in [0.717, 1.165) is 41.5 Å². The first-order chi connectivity index (χ1) is 18.9. The number of carbonyl (C=O) groups excluding carboxylic acids is 2. The second-order valence-electron chi connectivity index (χ2n) is 10.1. The van der Waals surface area contributed by atoms with Gasteiger partial charge < -0.3 is 15.0 Å². The third-order valence-corrected chi connectivity index (χ3v) is 8.00. The van der Waals surface area contributed by atoms with Crippen molar-refractivity contribution in [2.45, 2.75) is 38.8 Å². The number of hydrogen-bond donors (Lipinski definition) is 1. The van der Waals surface area contributed by atoms with Gasteiger partial charge in [0.1, 0.15) is 28.9 Å². The number of rotatable bonds is 7. The number of halogens is 1. The zero-order valence-electron chi connectivity index (χ0n) is 21.5. The number of fused-ring (bicyclic) bond motifs is 1. The lowest BCUT2D eigenvalue weighted by Crippen LogP contribution is -2.41. The van der Waals surface area contributed by atoms with E-state index in [1.165, 1.54) is 23.5 Å². The lowest BCUT2D eigenvalue weighted by Gasteiger charge is -2.38. The number of nitrogens with one attached hydrogen (secondary N) is 1. The molecule has 1 N–H and O–H groups in total. The summed E-state index contributed by atoms with van der Waals surface area (Å²) in [6, 6.07) is 19.6. The maximum atomic E-state index is 14.2. The molecule has 1 atom stereocenters. The van der Waals surface area contributed by atoms with Crippen molar-refractivity contribution in [2.75, 3.05) is 11.9 Å². The van der Waals surface area contributed by atoms with Crippen LogP contribution >= 0.6 is 11.3 Å². The predicted molar refractivity (Wildman–Crippen MR) is 148 cm³/mol. The molecule has 2 amide bonds. The molecule has 1 aliphatic carbocycles. The molecule has 198 valence electrons. The van der Waals surface area contributed by atoms with Gasteiger partial charge in [-0.2, -0.15) is 0 Å². The fraction of sp³-hybridized carbons (Fsp3) is 0.258. The van der Waals surface area contributed by atoms with Gasteiger partial charge in [0, 0.05) is 23.5 Å². The van der Waals surface area contributed by atoms with E-state index in [0.29, 0.717) is 28.7 Å². The first-order valence-corrected chi connectivity index (χ1v) is 14.0. The number of benzene rings is 3. The molecule has 3 aromatic carbocycles. The molecule has 1 saturated carbocycles. The van der Waals surface area contributed by atoms with E-state index >= 15 is 0 Å². The zero-order chi connectivity index (χ0) is 26.9. The first kappa shape index (κ1) is 25.2. The van der Waals surface area contributed by atoms with Gasteiger partial charge in [-0.05, 0) is 79.3 Å². The summed E-state index contributed by atoms with van der Waals surface area (Å²) in [5, 5.41) is 5.26. The fourth-order valence-corrected chi connectivity index (χ4v) is 5.67. The molecule has 0 radical (unpaired) electrons. The zero-order valence-corrected chi connectivity index (χ0v) is 22.3. The Kier molecular flexibility index (Phi) is 6.87. The van der Waals surface area contributed by atoms with Crippen LogP contribution in [-0.4, -0.2) is 28.2 Å². The first-order valence-electron chi connectivity index (χ1n) is 13.1. The van der Waals surface area contributed by atoms with E-state index in [1.807, 2.05) is 60.4 Å². The van der Waals surface area contributed by atoms with Crippen molar-refractivity contribution in [3.63, 3.8) is 0 Å². The third-order valence-electron chi connectivity index (χ3n) is 7.18. The molecule has 6 nitrogen and oxygen atoms in total. The fourth-order valence-electron chi connectivity index (χ4n) is 4.98. The van der Waals surface area contributed by atoms with Crippen LogP contribution in [0.25, 0.3) is 0 Å². The van der Waals surface area contributed by atoms with Crippen LogP contribution in [0.3, 0.4) is 0 Å². The minimum absolute atomic E-state index is 0.0735. The number of hydrogen-bond acceptors (Lipinski definition) is 5. The summed E-state index contributed by atoms with van der Waals surface area (Å²) in [6.45, 7) is 2.80. The highest BCUT2D eigenvalue weighted by atomic mass is 32.1. The van der Waals surface area contributed by atoms with E-state index in [2.05, 4.69) is 10.3 Å². The quantitative estimate of drug-likeness (QED) is 0.298. The number of thiazole rings is 1. The van der Waals surface area contributed by atoms with E-state index in [9.17, 15) is 14.0 Å². The Balaban J connectivity index is 1.19. The van der Waals surface area contributed by atoms with Gasteiger partial charge in [-0.1, -0.05) is 35.9 Å². The molecule has 0 spiro atoms. The summed E-state index contributed by atoms with van der Waals surface area (Å²) in [7, 11) is 0. The van der Waals surface area contributed by atoms with Crippen LogP contribution in [0.5, 0.6) is 5.75 Å². The van der Waals surface area contributed by atoms with Gasteiger partial charge in [0.2, 0.25) is 5.91 Å². The molecule has 2 heterocycles. The van der Waals surface area contributed by atoms with Gasteiger partial charge in [-0.25, -0.2) is 9.37 Å². The normalized spacial score (nSPS) is 16.5. The summed E-state index contributed by atoms with van der Waals surface area (Å²) in [6.07, 6.45) is 2.58. The molecule has 1 fully saturated rings. The van der Waals surface area contributed by atoms with Crippen molar-refractivity contribution in [1.29, 1.82) is 0 Å². The molecule has 0 saturated heterocycles. The Morgan fingerprint density at radius 3 is 2.69 bits per heavy atom. The number of anilines is 1. The summed E-state index contributed by atoms with van der Waals surface area (Å²) >= 11 is 1.36. The van der Waals surface area contributed by atoms with E-state index < -0.39 is 0 Å². The number of ether oxygens (including phenoxy) is 1. The highest BCUT2D eigenvalue weighted by Gasteiger charge is 2.39. The molecule has 4 aromatic rings. The van der Waals surface area contributed by atoms with Crippen LogP contribution < -0.4 is 10.1 Å². The van der Waals surface area contributed by atoms with Crippen molar-refractivity contribution >= 4 is 28.8 Å². The maximum absolute atomic E-state index is 14.2. The number of carbonyl (C=O) groups is 2. The standard InChI is InChI=1S/C31H28FN3O3S/c1-19-5-10-24(11-6-19)33-30(36)27-18-39-28(34-27)17-38-25-12-9-20-13-14-35(31(37)21-7-8-21)29(26(20)16-25)22-3-2-4-23(32)15-22/h2-6,9-12,15-16,18,21,29H,7-8,13-14,17H2,1H3,(H,33,36). The Morgan fingerprint density at radius 2 is 1.92 bits per heavy atom. The van der Waals surface area contributed by atoms with Gasteiger partial charge in [0.15, 0.2) is 0 Å². The number of aryl methyl sites for hydroxylation is 1. The van der Waals surface area contributed by atoms with Crippen molar-refractivity contribution in [1.82, 2.24) is 9.88 Å². The summed E-state index contributed by atoms with van der Waals surface area (Å²) < 4.78 is 20.3. The molecule has 1 unspecified atom stereocenters. The number of nitrogens with zero attached hydrogens (tertiary/aromatic N) is 2. The van der Waals surface area contributed by atoms with E-state index in [1.54, 1.807) is 11.4 Å². The van der Waals surface area contributed by atoms with E-state index in [-0.39, 0.29) is 36.2 Å². The highest BCUT2D eigenvalue weighted by molar-refractivity contribution is 7.09. The van der Waals surface area contributed by atoms with Gasteiger partial charge in [0.05, 0.1) is 6.04 Å². The maximum Gasteiger partial charge on any atom is 0.275 e. The predicted octanol–water partition coefficient (Wildman–Crippen LogP) is 6.31. The molecular weight excluding hydrogens is 513 g/mol. The minimum Gasteiger partial charge on any atom is -0.486 e. The molecule has 2 aliphatic rings. The number of amides is 2. The SMILES string of the molecule is Cc1ccc(NC(=O)c2csc(COc3ccc4c(c3)C(c3cccc(F)c3)N(C(=O)C3CC3)CC4)n2)cc1. The van der Waals surface area contributed by atoms with Gasteiger partial charge in [-0.3, -0.25) is 9.59 Å². The van der Waals surface area contributed by atoms with Crippen molar-refractivity contribution < 1.29 is 18.7 Å². The minimum atomic E-state index is -0.363. The molecule has 0 bridgehead atoms.